The van der Waals surface area contributed by atoms with Gasteiger partial charge in [-0.1, -0.05) is 36.4 Å². The highest BCUT2D eigenvalue weighted by atomic mass is 16.5. The molecule has 0 saturated heterocycles. The highest BCUT2D eigenvalue weighted by Gasteiger charge is 2.30. The summed E-state index contributed by atoms with van der Waals surface area (Å²) < 4.78 is 15.4. The lowest BCUT2D eigenvalue weighted by Crippen LogP contribution is -2.14. The molecular formula is C38H34N4O4. The number of aliphatic imine (C=N–C) groups is 2. The Balaban J connectivity index is 0.000000149. The van der Waals surface area contributed by atoms with Crippen LogP contribution in [-0.2, 0) is 17.6 Å². The number of anilines is 2. The van der Waals surface area contributed by atoms with Crippen molar-refractivity contribution in [3.63, 3.8) is 0 Å². The molecular weight excluding hydrogens is 575 g/mol. The van der Waals surface area contributed by atoms with Gasteiger partial charge in [-0.25, -0.2) is 4.79 Å². The Kier molecular flexibility index (Phi) is 7.84. The number of benzene rings is 4. The van der Waals surface area contributed by atoms with Crippen molar-refractivity contribution < 1.29 is 19.0 Å². The van der Waals surface area contributed by atoms with Crippen molar-refractivity contribution in [1.82, 2.24) is 0 Å². The van der Waals surface area contributed by atoms with Crippen molar-refractivity contribution in [1.29, 1.82) is 0 Å². The second kappa shape index (κ2) is 12.4. The molecule has 0 fully saturated rings. The van der Waals surface area contributed by atoms with Gasteiger partial charge in [-0.05, 0) is 88.0 Å². The first-order valence-electron chi connectivity index (χ1n) is 15.2. The molecule has 0 amide bonds. The van der Waals surface area contributed by atoms with Gasteiger partial charge in [0, 0.05) is 35.4 Å². The minimum absolute atomic E-state index is 0.350. The summed E-state index contributed by atoms with van der Waals surface area (Å²) in [5.74, 6) is 3.32. The number of rotatable bonds is 5. The van der Waals surface area contributed by atoms with Crippen LogP contribution in [0.25, 0.3) is 11.1 Å². The number of nitrogens with one attached hydrogen (secondary N) is 2. The number of para-hydroxylation sites is 1. The van der Waals surface area contributed by atoms with Crippen LogP contribution in [0.2, 0.25) is 0 Å². The molecule has 2 N–H and O–H groups in total. The molecule has 2 aliphatic carbocycles. The maximum Gasteiger partial charge on any atom is 0.337 e. The molecule has 0 aromatic heterocycles. The number of ether oxygens (including phenoxy) is 3. The average Bonchev–Trinajstić information content (AvgIpc) is 3.86. The summed E-state index contributed by atoms with van der Waals surface area (Å²) in [7, 11) is 4.77. The molecule has 0 radical (unpaired) electrons. The molecule has 0 atom stereocenters. The number of carbonyl (C=O) groups is 1. The number of amidine groups is 2. The second-order valence-corrected chi connectivity index (χ2v) is 11.3. The molecule has 8 heteroatoms. The van der Waals surface area contributed by atoms with Crippen molar-refractivity contribution in [3.05, 3.63) is 130 Å². The van der Waals surface area contributed by atoms with E-state index in [1.54, 1.807) is 26.4 Å². The summed E-state index contributed by atoms with van der Waals surface area (Å²) in [6.07, 6.45) is 1.77. The van der Waals surface area contributed by atoms with Crippen molar-refractivity contribution in [3.8, 4) is 11.5 Å². The molecule has 8 nitrogen and oxygen atoms in total. The van der Waals surface area contributed by atoms with E-state index in [0.717, 1.165) is 53.9 Å². The lowest BCUT2D eigenvalue weighted by Gasteiger charge is -2.10. The highest BCUT2D eigenvalue weighted by Crippen LogP contribution is 2.40. The van der Waals surface area contributed by atoms with Crippen LogP contribution in [0.15, 0.2) is 112 Å². The fourth-order valence-electron chi connectivity index (χ4n) is 6.38. The van der Waals surface area contributed by atoms with Gasteiger partial charge in [-0.2, -0.15) is 0 Å². The van der Waals surface area contributed by atoms with Gasteiger partial charge in [0.15, 0.2) is 0 Å². The molecule has 4 aromatic rings. The number of methoxy groups -OCH3 is 3. The van der Waals surface area contributed by atoms with Crippen LogP contribution in [0, 0.1) is 0 Å². The first-order chi connectivity index (χ1) is 22.5. The SMILES string of the molecule is COC(=O)c1cccc(NC2=NCC3=C2Cc2cc(OC)ccc23)c1.[11CH3]Oc1ccc2c(c1)CC1=C2CN=C1Nc1ccccc1. The normalized spacial score (nSPS) is 15.1. The fourth-order valence-corrected chi connectivity index (χ4v) is 6.38. The van der Waals surface area contributed by atoms with E-state index >= 15 is 0 Å². The van der Waals surface area contributed by atoms with E-state index in [1.807, 2.05) is 42.5 Å². The predicted octanol–water partition coefficient (Wildman–Crippen LogP) is 6.84. The average molecular weight is 610 g/mol. The standard InChI is InChI=1S/C20H18N2O3.C18H16N2O/c1-24-15-6-7-16-13(9-15)10-17-18(16)11-21-19(17)22-14-5-3-4-12(8-14)20(23)25-2;1-21-14-7-8-15-12(9-14)10-16-17(15)11-19-18(16)20-13-5-3-2-4-6-13/h3-9H,10-11H2,1-2H3,(H,21,22);2-9H,10-11H2,1H3,(H,19,20)/i;1-1. The number of carbonyl (C=O) groups excluding carboxylic acids is 1. The van der Waals surface area contributed by atoms with E-state index in [0.29, 0.717) is 12.1 Å². The van der Waals surface area contributed by atoms with E-state index in [-0.39, 0.29) is 5.97 Å². The van der Waals surface area contributed by atoms with Gasteiger partial charge in [0.2, 0.25) is 0 Å². The van der Waals surface area contributed by atoms with Crippen molar-refractivity contribution in [2.24, 2.45) is 9.98 Å². The van der Waals surface area contributed by atoms with Crippen LogP contribution >= 0.6 is 0 Å². The van der Waals surface area contributed by atoms with E-state index in [4.69, 9.17) is 14.2 Å². The summed E-state index contributed by atoms with van der Waals surface area (Å²) in [6, 6.07) is 29.9. The monoisotopic (exact) mass is 609 g/mol. The molecule has 4 aliphatic rings. The molecule has 0 unspecified atom stereocenters. The Bertz CT molecular complexity index is 1970. The largest absolute Gasteiger partial charge is 0.497 e. The van der Waals surface area contributed by atoms with Crippen LogP contribution in [0.4, 0.5) is 11.4 Å². The van der Waals surface area contributed by atoms with E-state index in [1.165, 1.54) is 51.7 Å². The van der Waals surface area contributed by atoms with E-state index in [2.05, 4.69) is 57.0 Å². The van der Waals surface area contributed by atoms with Crippen LogP contribution < -0.4 is 20.1 Å². The highest BCUT2D eigenvalue weighted by molar-refractivity contribution is 6.18. The van der Waals surface area contributed by atoms with Gasteiger partial charge < -0.3 is 24.8 Å². The third-order valence-corrected chi connectivity index (χ3v) is 8.68. The number of fused-ring (bicyclic) bond motifs is 4. The Hall–Kier alpha value is -5.63. The molecule has 2 aliphatic heterocycles. The summed E-state index contributed by atoms with van der Waals surface area (Å²) >= 11 is 0. The lowest BCUT2D eigenvalue weighted by atomic mass is 10.1. The Morgan fingerprint density at radius 1 is 0.609 bits per heavy atom. The number of nitrogens with zero attached hydrogens (tertiary/aromatic N) is 2. The van der Waals surface area contributed by atoms with Crippen LogP contribution in [0.1, 0.15) is 32.6 Å². The Morgan fingerprint density at radius 2 is 1.15 bits per heavy atom. The van der Waals surface area contributed by atoms with Crippen molar-refractivity contribution in [2.45, 2.75) is 12.8 Å². The summed E-state index contributed by atoms with van der Waals surface area (Å²) in [6.45, 7) is 1.44. The van der Waals surface area contributed by atoms with Crippen molar-refractivity contribution >= 4 is 40.2 Å². The van der Waals surface area contributed by atoms with Crippen LogP contribution in [-0.4, -0.2) is 52.1 Å². The number of hydrogen-bond acceptors (Lipinski definition) is 8. The third-order valence-electron chi connectivity index (χ3n) is 8.68. The molecule has 2 heterocycles. The van der Waals surface area contributed by atoms with Gasteiger partial charge in [0.05, 0.1) is 40.0 Å². The smallest absolute Gasteiger partial charge is 0.337 e. The summed E-state index contributed by atoms with van der Waals surface area (Å²) in [4.78, 5) is 21.0. The van der Waals surface area contributed by atoms with E-state index < -0.39 is 0 Å². The zero-order valence-corrected chi connectivity index (χ0v) is 26.0. The Labute approximate surface area is 268 Å². The zero-order valence-electron chi connectivity index (χ0n) is 26.0. The van der Waals surface area contributed by atoms with Crippen molar-refractivity contribution in [2.75, 3.05) is 45.1 Å². The molecule has 46 heavy (non-hydrogen) atoms. The lowest BCUT2D eigenvalue weighted by molar-refractivity contribution is 0.0600. The quantitative estimate of drug-likeness (QED) is 0.241. The van der Waals surface area contributed by atoms with Gasteiger partial charge in [0.1, 0.15) is 23.2 Å². The summed E-state index contributed by atoms with van der Waals surface area (Å²) in [5, 5.41) is 6.78. The minimum atomic E-state index is -0.350. The first-order valence-corrected chi connectivity index (χ1v) is 15.2. The topological polar surface area (TPSA) is 93.5 Å². The molecule has 230 valence electrons. The van der Waals surface area contributed by atoms with Gasteiger partial charge >= 0.3 is 5.97 Å². The van der Waals surface area contributed by atoms with E-state index in [9.17, 15) is 4.79 Å². The molecule has 0 saturated carbocycles. The third kappa shape index (κ3) is 5.54. The van der Waals surface area contributed by atoms with Gasteiger partial charge in [0.25, 0.3) is 0 Å². The van der Waals surface area contributed by atoms with Crippen LogP contribution in [0.5, 0.6) is 11.5 Å². The maximum absolute atomic E-state index is 11.7. The fraction of sp³-hybridized carbons (Fsp3) is 0.184. The minimum Gasteiger partial charge on any atom is -0.497 e. The van der Waals surface area contributed by atoms with Crippen LogP contribution in [0.3, 0.4) is 0 Å². The zero-order chi connectivity index (χ0) is 31.6. The molecule has 4 aromatic carbocycles. The molecule has 0 spiro atoms. The molecule has 0 bridgehead atoms. The number of hydrogen-bond donors (Lipinski definition) is 2. The predicted molar refractivity (Wildman–Crippen MR) is 183 cm³/mol. The van der Waals surface area contributed by atoms with Gasteiger partial charge in [-0.3, -0.25) is 9.98 Å². The Morgan fingerprint density at radius 3 is 1.70 bits per heavy atom. The second-order valence-electron chi connectivity index (χ2n) is 11.3. The van der Waals surface area contributed by atoms with Gasteiger partial charge in [-0.15, -0.1) is 0 Å². The number of esters is 1. The summed E-state index contributed by atoms with van der Waals surface area (Å²) in [5.41, 5.74) is 12.7. The first kappa shape index (κ1) is 29.1. The maximum atomic E-state index is 11.7. The molecule has 8 rings (SSSR count).